The molecule has 4 nitrogen and oxygen atoms in total. The molecular weight excluding hydrogens is 254 g/mol. The second kappa shape index (κ2) is 7.68. The smallest absolute Gasteiger partial charge is 0.326 e. The van der Waals surface area contributed by atoms with E-state index in [-0.39, 0.29) is 17.7 Å². The molecule has 0 spiro atoms. The Morgan fingerprint density at radius 3 is 2.25 bits per heavy atom. The van der Waals surface area contributed by atoms with Crippen molar-refractivity contribution in [2.75, 3.05) is 0 Å². The van der Waals surface area contributed by atoms with Crippen molar-refractivity contribution < 1.29 is 14.7 Å². The van der Waals surface area contributed by atoms with E-state index in [1.165, 1.54) is 0 Å². The van der Waals surface area contributed by atoms with Gasteiger partial charge in [0.15, 0.2) is 0 Å². The number of carbonyl (C=O) groups is 2. The standard InChI is InChI=1S/C16H23NO3/c1-11(2)9-14(16(19)20)17-15(18)10-12(3)13-7-5-4-6-8-13/h4-8,11-12,14H,9-10H2,1-3H3,(H,17,18)(H,19,20). The van der Waals surface area contributed by atoms with E-state index in [0.717, 1.165) is 5.56 Å². The topological polar surface area (TPSA) is 66.4 Å². The molecule has 2 N–H and O–H groups in total. The highest BCUT2D eigenvalue weighted by Crippen LogP contribution is 2.18. The summed E-state index contributed by atoms with van der Waals surface area (Å²) < 4.78 is 0. The molecule has 0 aromatic heterocycles. The highest BCUT2D eigenvalue weighted by atomic mass is 16.4. The van der Waals surface area contributed by atoms with Crippen LogP contribution in [0.25, 0.3) is 0 Å². The summed E-state index contributed by atoms with van der Waals surface area (Å²) in [7, 11) is 0. The summed E-state index contributed by atoms with van der Waals surface area (Å²) in [6.45, 7) is 5.84. The fourth-order valence-electron chi connectivity index (χ4n) is 2.12. The zero-order valence-electron chi connectivity index (χ0n) is 12.3. The first-order valence-corrected chi connectivity index (χ1v) is 6.97. The lowest BCUT2D eigenvalue weighted by molar-refractivity contribution is -0.142. The van der Waals surface area contributed by atoms with Crippen molar-refractivity contribution in [3.05, 3.63) is 35.9 Å². The van der Waals surface area contributed by atoms with Crippen LogP contribution >= 0.6 is 0 Å². The number of aliphatic carboxylic acids is 1. The van der Waals surface area contributed by atoms with Gasteiger partial charge < -0.3 is 10.4 Å². The number of hydrogen-bond donors (Lipinski definition) is 2. The molecule has 0 radical (unpaired) electrons. The maximum Gasteiger partial charge on any atom is 0.326 e. The fraction of sp³-hybridized carbons (Fsp3) is 0.500. The zero-order valence-corrected chi connectivity index (χ0v) is 12.3. The number of carboxylic acid groups (broad SMARTS) is 1. The van der Waals surface area contributed by atoms with Gasteiger partial charge in [0.05, 0.1) is 0 Å². The van der Waals surface area contributed by atoms with Crippen LogP contribution in [0.1, 0.15) is 45.1 Å². The Hall–Kier alpha value is -1.84. The molecular formula is C16H23NO3. The van der Waals surface area contributed by atoms with Gasteiger partial charge in [-0.3, -0.25) is 4.79 Å². The SMILES string of the molecule is CC(C)CC(NC(=O)CC(C)c1ccccc1)C(=O)O. The van der Waals surface area contributed by atoms with E-state index in [9.17, 15) is 9.59 Å². The van der Waals surface area contributed by atoms with Crippen LogP contribution in [0.2, 0.25) is 0 Å². The predicted molar refractivity (Wildman–Crippen MR) is 78.5 cm³/mol. The summed E-state index contributed by atoms with van der Waals surface area (Å²) in [4.78, 5) is 23.1. The van der Waals surface area contributed by atoms with Crippen LogP contribution in [0.15, 0.2) is 30.3 Å². The van der Waals surface area contributed by atoms with E-state index >= 15 is 0 Å². The normalized spacial score (nSPS) is 13.8. The van der Waals surface area contributed by atoms with Crippen molar-refractivity contribution in [2.24, 2.45) is 5.92 Å². The molecule has 4 heteroatoms. The lowest BCUT2D eigenvalue weighted by atomic mass is 9.97. The van der Waals surface area contributed by atoms with E-state index in [4.69, 9.17) is 5.11 Å². The molecule has 2 atom stereocenters. The minimum Gasteiger partial charge on any atom is -0.480 e. The average molecular weight is 277 g/mol. The summed E-state index contributed by atoms with van der Waals surface area (Å²) in [6.07, 6.45) is 0.743. The Kier molecular flexibility index (Phi) is 6.22. The summed E-state index contributed by atoms with van der Waals surface area (Å²) in [5.74, 6) is -0.888. The van der Waals surface area contributed by atoms with Crippen LogP contribution in [0.5, 0.6) is 0 Å². The van der Waals surface area contributed by atoms with Gasteiger partial charge in [-0.15, -0.1) is 0 Å². The van der Waals surface area contributed by atoms with Gasteiger partial charge >= 0.3 is 5.97 Å². The highest BCUT2D eigenvalue weighted by molar-refractivity contribution is 5.83. The first-order chi connectivity index (χ1) is 9.40. The number of carboxylic acids is 1. The molecule has 0 aliphatic carbocycles. The van der Waals surface area contributed by atoms with Gasteiger partial charge in [-0.05, 0) is 23.8 Å². The number of hydrogen-bond acceptors (Lipinski definition) is 2. The number of carbonyl (C=O) groups excluding carboxylic acids is 1. The molecule has 0 heterocycles. The third-order valence-electron chi connectivity index (χ3n) is 3.20. The van der Waals surface area contributed by atoms with Crippen LogP contribution in [0, 0.1) is 5.92 Å². The van der Waals surface area contributed by atoms with Crippen molar-refractivity contribution in [1.82, 2.24) is 5.32 Å². The number of rotatable bonds is 7. The summed E-state index contributed by atoms with van der Waals surface area (Å²) in [6, 6.07) is 8.94. The second-order valence-electron chi connectivity index (χ2n) is 5.60. The Labute approximate surface area is 120 Å². The molecule has 1 rings (SSSR count). The van der Waals surface area contributed by atoms with Gasteiger partial charge in [-0.2, -0.15) is 0 Å². The Balaban J connectivity index is 2.55. The summed E-state index contributed by atoms with van der Waals surface area (Å²) in [5, 5.41) is 11.7. The molecule has 0 aliphatic heterocycles. The van der Waals surface area contributed by atoms with Crippen molar-refractivity contribution in [2.45, 2.75) is 45.6 Å². The molecule has 110 valence electrons. The van der Waals surface area contributed by atoms with Gasteiger partial charge in [0.1, 0.15) is 6.04 Å². The van der Waals surface area contributed by atoms with E-state index in [0.29, 0.717) is 12.8 Å². The van der Waals surface area contributed by atoms with Crippen molar-refractivity contribution in [1.29, 1.82) is 0 Å². The fourth-order valence-corrected chi connectivity index (χ4v) is 2.12. The van der Waals surface area contributed by atoms with Gasteiger partial charge in [-0.25, -0.2) is 4.79 Å². The lowest BCUT2D eigenvalue weighted by Gasteiger charge is -2.18. The van der Waals surface area contributed by atoms with E-state index in [1.807, 2.05) is 51.1 Å². The van der Waals surface area contributed by atoms with Crippen molar-refractivity contribution in [3.8, 4) is 0 Å². The molecule has 20 heavy (non-hydrogen) atoms. The molecule has 2 unspecified atom stereocenters. The Morgan fingerprint density at radius 2 is 1.75 bits per heavy atom. The summed E-state index contributed by atoms with van der Waals surface area (Å²) >= 11 is 0. The quantitative estimate of drug-likeness (QED) is 0.805. The van der Waals surface area contributed by atoms with Gasteiger partial charge in [0, 0.05) is 6.42 Å². The molecule has 0 saturated heterocycles. The zero-order chi connectivity index (χ0) is 15.1. The number of amides is 1. The van der Waals surface area contributed by atoms with Crippen LogP contribution in [0.3, 0.4) is 0 Å². The van der Waals surface area contributed by atoms with Gasteiger partial charge in [-0.1, -0.05) is 51.1 Å². The molecule has 0 aliphatic rings. The monoisotopic (exact) mass is 277 g/mol. The van der Waals surface area contributed by atoms with E-state index < -0.39 is 12.0 Å². The van der Waals surface area contributed by atoms with E-state index in [2.05, 4.69) is 5.32 Å². The molecule has 1 amide bonds. The maximum absolute atomic E-state index is 11.9. The second-order valence-corrected chi connectivity index (χ2v) is 5.60. The van der Waals surface area contributed by atoms with Gasteiger partial charge in [0.2, 0.25) is 5.91 Å². The molecule has 1 aromatic carbocycles. The van der Waals surface area contributed by atoms with Gasteiger partial charge in [0.25, 0.3) is 0 Å². The molecule has 0 bridgehead atoms. The maximum atomic E-state index is 11.9. The first kappa shape index (κ1) is 16.2. The van der Waals surface area contributed by atoms with Crippen LogP contribution in [-0.2, 0) is 9.59 Å². The third-order valence-corrected chi connectivity index (χ3v) is 3.20. The first-order valence-electron chi connectivity index (χ1n) is 6.97. The Morgan fingerprint density at radius 1 is 1.15 bits per heavy atom. The molecule has 0 saturated carbocycles. The minimum atomic E-state index is -0.973. The Bertz CT molecular complexity index is 442. The highest BCUT2D eigenvalue weighted by Gasteiger charge is 2.22. The molecule has 0 fully saturated rings. The van der Waals surface area contributed by atoms with Crippen molar-refractivity contribution >= 4 is 11.9 Å². The summed E-state index contributed by atoms with van der Waals surface area (Å²) in [5.41, 5.74) is 1.08. The lowest BCUT2D eigenvalue weighted by Crippen LogP contribution is -2.41. The van der Waals surface area contributed by atoms with Crippen LogP contribution in [0.4, 0.5) is 0 Å². The van der Waals surface area contributed by atoms with Crippen LogP contribution < -0.4 is 5.32 Å². The van der Waals surface area contributed by atoms with Crippen LogP contribution in [-0.4, -0.2) is 23.0 Å². The number of benzene rings is 1. The third kappa shape index (κ3) is 5.43. The van der Waals surface area contributed by atoms with E-state index in [1.54, 1.807) is 0 Å². The number of nitrogens with one attached hydrogen (secondary N) is 1. The minimum absolute atomic E-state index is 0.0738. The molecule has 1 aromatic rings. The van der Waals surface area contributed by atoms with Crippen molar-refractivity contribution in [3.63, 3.8) is 0 Å². The predicted octanol–water partition coefficient (Wildman–Crippen LogP) is 2.80. The average Bonchev–Trinajstić information content (AvgIpc) is 2.38. The largest absolute Gasteiger partial charge is 0.480 e.